The van der Waals surface area contributed by atoms with Crippen LogP contribution in [0.4, 0.5) is 5.13 Å². The minimum atomic E-state index is -0.346. The third-order valence-corrected chi connectivity index (χ3v) is 6.07. The summed E-state index contributed by atoms with van der Waals surface area (Å²) in [5, 5.41) is 5.50. The zero-order valence-electron chi connectivity index (χ0n) is 17.9. The summed E-state index contributed by atoms with van der Waals surface area (Å²) >= 11 is 7.70. The van der Waals surface area contributed by atoms with Crippen LogP contribution in [0.25, 0.3) is 22.3 Å². The van der Waals surface area contributed by atoms with Gasteiger partial charge in [0, 0.05) is 21.5 Å². The van der Waals surface area contributed by atoms with Gasteiger partial charge in [-0.25, -0.2) is 4.98 Å². The SMILES string of the molecule is CCOC(=O)Cc1csc(NC(=O)c2ccc(Cl)c(-c3ccc(-c4ccccc4)cc3)c2)n1. The third kappa shape index (κ3) is 5.66. The summed E-state index contributed by atoms with van der Waals surface area (Å²) in [5.74, 6) is -0.646. The number of nitrogens with one attached hydrogen (secondary N) is 1. The Kier molecular flexibility index (Phi) is 7.17. The topological polar surface area (TPSA) is 68.3 Å². The van der Waals surface area contributed by atoms with Crippen molar-refractivity contribution < 1.29 is 14.3 Å². The van der Waals surface area contributed by atoms with E-state index < -0.39 is 0 Å². The Balaban J connectivity index is 1.50. The van der Waals surface area contributed by atoms with Crippen molar-refractivity contribution in [2.75, 3.05) is 11.9 Å². The van der Waals surface area contributed by atoms with E-state index in [1.165, 1.54) is 11.3 Å². The highest BCUT2D eigenvalue weighted by Gasteiger charge is 2.14. The van der Waals surface area contributed by atoms with Crippen molar-refractivity contribution in [3.63, 3.8) is 0 Å². The molecule has 5 nitrogen and oxygen atoms in total. The molecule has 0 fully saturated rings. The second-order valence-corrected chi connectivity index (χ2v) is 8.48. The van der Waals surface area contributed by atoms with E-state index in [-0.39, 0.29) is 18.3 Å². The molecule has 0 saturated carbocycles. The van der Waals surface area contributed by atoms with E-state index in [4.69, 9.17) is 16.3 Å². The first-order chi connectivity index (χ1) is 16.0. The van der Waals surface area contributed by atoms with Crippen LogP contribution in [0, 0.1) is 0 Å². The van der Waals surface area contributed by atoms with Crippen LogP contribution in [0.15, 0.2) is 78.2 Å². The van der Waals surface area contributed by atoms with E-state index >= 15 is 0 Å². The summed E-state index contributed by atoms with van der Waals surface area (Å²) in [5.41, 5.74) is 4.94. The summed E-state index contributed by atoms with van der Waals surface area (Å²) in [7, 11) is 0. The van der Waals surface area contributed by atoms with E-state index in [0.29, 0.717) is 28.0 Å². The van der Waals surface area contributed by atoms with Gasteiger partial charge < -0.3 is 4.74 Å². The van der Waals surface area contributed by atoms with Gasteiger partial charge in [0.1, 0.15) is 0 Å². The van der Waals surface area contributed by atoms with Crippen LogP contribution >= 0.6 is 22.9 Å². The molecule has 1 aromatic heterocycles. The lowest BCUT2D eigenvalue weighted by molar-refractivity contribution is -0.142. The molecule has 1 amide bonds. The van der Waals surface area contributed by atoms with Crippen LogP contribution in [-0.4, -0.2) is 23.5 Å². The number of thiazole rings is 1. The summed E-state index contributed by atoms with van der Waals surface area (Å²) < 4.78 is 4.93. The van der Waals surface area contributed by atoms with Crippen LogP contribution in [0.3, 0.4) is 0 Å². The van der Waals surface area contributed by atoms with Crippen molar-refractivity contribution in [1.82, 2.24) is 4.98 Å². The fourth-order valence-electron chi connectivity index (χ4n) is 3.34. The average Bonchev–Trinajstić information content (AvgIpc) is 3.26. The van der Waals surface area contributed by atoms with E-state index in [1.807, 2.05) is 42.5 Å². The Morgan fingerprint density at radius 1 is 0.970 bits per heavy atom. The lowest BCUT2D eigenvalue weighted by atomic mass is 9.99. The maximum Gasteiger partial charge on any atom is 0.311 e. The van der Waals surface area contributed by atoms with E-state index in [0.717, 1.165) is 22.3 Å². The second-order valence-electron chi connectivity index (χ2n) is 7.22. The number of rotatable bonds is 7. The summed E-state index contributed by atoms with van der Waals surface area (Å²) in [6.07, 6.45) is 0.0737. The number of ether oxygens (including phenoxy) is 1. The largest absolute Gasteiger partial charge is 0.466 e. The Morgan fingerprint density at radius 3 is 2.39 bits per heavy atom. The maximum absolute atomic E-state index is 12.8. The summed E-state index contributed by atoms with van der Waals surface area (Å²) in [6.45, 7) is 2.07. The molecule has 0 aliphatic rings. The fraction of sp³-hybridized carbons (Fsp3) is 0.115. The van der Waals surface area contributed by atoms with Crippen molar-refractivity contribution in [1.29, 1.82) is 0 Å². The summed E-state index contributed by atoms with van der Waals surface area (Å²) in [4.78, 5) is 28.7. The first kappa shape index (κ1) is 22.7. The number of esters is 1. The number of nitrogens with zero attached hydrogens (tertiary/aromatic N) is 1. The van der Waals surface area contributed by atoms with Gasteiger partial charge in [-0.2, -0.15) is 0 Å². The van der Waals surface area contributed by atoms with Crippen molar-refractivity contribution in [2.24, 2.45) is 0 Å². The zero-order chi connectivity index (χ0) is 23.2. The molecule has 0 atom stereocenters. The highest BCUT2D eigenvalue weighted by atomic mass is 35.5. The van der Waals surface area contributed by atoms with Gasteiger partial charge in [0.2, 0.25) is 0 Å². The standard InChI is InChI=1S/C26H21ClN2O3S/c1-2-32-24(30)15-21-16-33-26(28-21)29-25(31)20-12-13-23(27)22(14-20)19-10-8-18(9-11-19)17-6-4-3-5-7-17/h3-14,16H,2,15H2,1H3,(H,28,29,31). The molecule has 0 aliphatic carbocycles. The van der Waals surface area contributed by atoms with Crippen molar-refractivity contribution >= 4 is 39.9 Å². The third-order valence-electron chi connectivity index (χ3n) is 4.93. The molecule has 0 spiro atoms. The van der Waals surface area contributed by atoms with Gasteiger partial charge >= 0.3 is 5.97 Å². The molecule has 0 bridgehead atoms. The smallest absolute Gasteiger partial charge is 0.311 e. The molecule has 3 aromatic carbocycles. The van der Waals surface area contributed by atoms with Crippen molar-refractivity contribution in [2.45, 2.75) is 13.3 Å². The number of halogens is 1. The van der Waals surface area contributed by atoms with Crippen molar-refractivity contribution in [3.05, 3.63) is 94.5 Å². The van der Waals surface area contributed by atoms with Crippen LogP contribution in [0.2, 0.25) is 5.02 Å². The Labute approximate surface area is 201 Å². The van der Waals surface area contributed by atoms with Crippen LogP contribution in [-0.2, 0) is 16.0 Å². The fourth-order valence-corrected chi connectivity index (χ4v) is 4.27. The Hall–Kier alpha value is -3.48. The average molecular weight is 477 g/mol. The minimum Gasteiger partial charge on any atom is -0.466 e. The van der Waals surface area contributed by atoms with Gasteiger partial charge in [-0.1, -0.05) is 66.2 Å². The van der Waals surface area contributed by atoms with Crippen LogP contribution < -0.4 is 5.32 Å². The van der Waals surface area contributed by atoms with Gasteiger partial charge in [-0.15, -0.1) is 11.3 Å². The van der Waals surface area contributed by atoms with Gasteiger partial charge in [0.25, 0.3) is 5.91 Å². The second kappa shape index (κ2) is 10.4. The first-order valence-electron chi connectivity index (χ1n) is 10.4. The van der Waals surface area contributed by atoms with Crippen LogP contribution in [0.5, 0.6) is 0 Å². The number of carbonyl (C=O) groups excluding carboxylic acids is 2. The quantitative estimate of drug-likeness (QED) is 0.309. The monoisotopic (exact) mass is 476 g/mol. The van der Waals surface area contributed by atoms with Crippen LogP contribution in [0.1, 0.15) is 23.0 Å². The normalized spacial score (nSPS) is 10.6. The van der Waals surface area contributed by atoms with E-state index in [2.05, 4.69) is 22.4 Å². The molecular formula is C26H21ClN2O3S. The number of benzene rings is 3. The number of aromatic nitrogens is 1. The molecule has 33 heavy (non-hydrogen) atoms. The molecule has 7 heteroatoms. The van der Waals surface area contributed by atoms with Gasteiger partial charge in [-0.05, 0) is 41.8 Å². The molecule has 166 valence electrons. The Morgan fingerprint density at radius 2 is 1.67 bits per heavy atom. The number of hydrogen-bond acceptors (Lipinski definition) is 5. The van der Waals surface area contributed by atoms with Gasteiger partial charge in [-0.3, -0.25) is 14.9 Å². The maximum atomic E-state index is 12.8. The lowest BCUT2D eigenvalue weighted by Gasteiger charge is -2.09. The number of hydrogen-bond donors (Lipinski definition) is 1. The molecule has 0 saturated heterocycles. The lowest BCUT2D eigenvalue weighted by Crippen LogP contribution is -2.12. The van der Waals surface area contributed by atoms with Gasteiger partial charge in [0.15, 0.2) is 5.13 Å². The van der Waals surface area contributed by atoms with E-state index in [1.54, 1.807) is 30.5 Å². The zero-order valence-corrected chi connectivity index (χ0v) is 19.5. The molecule has 0 unspecified atom stereocenters. The first-order valence-corrected chi connectivity index (χ1v) is 11.7. The van der Waals surface area contributed by atoms with Crippen molar-refractivity contribution in [3.8, 4) is 22.3 Å². The molecular weight excluding hydrogens is 456 g/mol. The highest BCUT2D eigenvalue weighted by molar-refractivity contribution is 7.14. The molecule has 1 N–H and O–H groups in total. The summed E-state index contributed by atoms with van der Waals surface area (Å²) in [6, 6.07) is 23.3. The number of carbonyl (C=O) groups is 2. The molecule has 4 aromatic rings. The molecule has 0 radical (unpaired) electrons. The minimum absolute atomic E-state index is 0.0737. The molecule has 4 rings (SSSR count). The predicted octanol–water partition coefficient (Wildman–Crippen LogP) is 6.49. The predicted molar refractivity (Wildman–Crippen MR) is 133 cm³/mol. The number of anilines is 1. The Bertz CT molecular complexity index is 1270. The van der Waals surface area contributed by atoms with Gasteiger partial charge in [0.05, 0.1) is 18.7 Å². The number of amides is 1. The highest BCUT2D eigenvalue weighted by Crippen LogP contribution is 2.31. The molecule has 1 heterocycles. The molecule has 0 aliphatic heterocycles. The van der Waals surface area contributed by atoms with E-state index in [9.17, 15) is 9.59 Å².